The van der Waals surface area contributed by atoms with Crippen LogP contribution in [-0.2, 0) is 6.54 Å². The topological polar surface area (TPSA) is 15.3 Å². The third-order valence-electron chi connectivity index (χ3n) is 3.64. The van der Waals surface area contributed by atoms with Crippen LogP contribution in [0.15, 0.2) is 18.2 Å². The number of hydrogen-bond acceptors (Lipinski definition) is 2. The van der Waals surface area contributed by atoms with Crippen molar-refractivity contribution in [1.29, 1.82) is 0 Å². The van der Waals surface area contributed by atoms with Gasteiger partial charge in [0.25, 0.3) is 0 Å². The highest BCUT2D eigenvalue weighted by molar-refractivity contribution is 5.55. The average Bonchev–Trinajstić information content (AvgIpc) is 3.18. The molecule has 1 aromatic carbocycles. The van der Waals surface area contributed by atoms with Gasteiger partial charge < -0.3 is 10.2 Å². The number of nitrogens with zero attached hydrogens (tertiary/aromatic N) is 1. The smallest absolute Gasteiger partial charge is 0.146 e. The van der Waals surface area contributed by atoms with Crippen molar-refractivity contribution in [2.45, 2.75) is 46.2 Å². The Morgan fingerprint density at radius 2 is 2.11 bits per heavy atom. The molecule has 0 spiro atoms. The number of hydrogen-bond donors (Lipinski definition) is 1. The third-order valence-corrected chi connectivity index (χ3v) is 3.64. The number of rotatable bonds is 7. The van der Waals surface area contributed by atoms with E-state index in [2.05, 4.69) is 31.0 Å². The fourth-order valence-corrected chi connectivity index (χ4v) is 2.36. The minimum absolute atomic E-state index is 0.0921. The van der Waals surface area contributed by atoms with E-state index in [-0.39, 0.29) is 5.82 Å². The first-order valence-corrected chi connectivity index (χ1v) is 7.37. The molecule has 3 heteroatoms. The van der Waals surface area contributed by atoms with Crippen LogP contribution in [0.25, 0.3) is 0 Å². The molecule has 1 saturated carbocycles. The summed E-state index contributed by atoms with van der Waals surface area (Å²) in [6.07, 6.45) is 2.59. The molecule has 0 aliphatic heterocycles. The molecule has 1 aromatic rings. The second kappa shape index (κ2) is 6.38. The van der Waals surface area contributed by atoms with Crippen LogP contribution >= 0.6 is 0 Å². The highest BCUT2D eigenvalue weighted by Crippen LogP contribution is 2.33. The van der Waals surface area contributed by atoms with Crippen molar-refractivity contribution in [3.63, 3.8) is 0 Å². The van der Waals surface area contributed by atoms with Gasteiger partial charge in [-0.15, -0.1) is 0 Å². The number of nitrogens with one attached hydrogen (secondary N) is 1. The zero-order chi connectivity index (χ0) is 13.8. The largest absolute Gasteiger partial charge is 0.369 e. The van der Waals surface area contributed by atoms with E-state index in [1.165, 1.54) is 12.8 Å². The van der Waals surface area contributed by atoms with Gasteiger partial charge in [-0.3, -0.25) is 0 Å². The minimum Gasteiger partial charge on any atom is -0.369 e. The SMILES string of the molecule is CCN(CC1CC1)c1c(F)cccc1CNC(C)C. The lowest BCUT2D eigenvalue weighted by Gasteiger charge is -2.26. The molecular weight excluding hydrogens is 239 g/mol. The zero-order valence-electron chi connectivity index (χ0n) is 12.2. The van der Waals surface area contributed by atoms with Crippen molar-refractivity contribution in [3.05, 3.63) is 29.6 Å². The van der Waals surface area contributed by atoms with Crippen molar-refractivity contribution in [3.8, 4) is 0 Å². The van der Waals surface area contributed by atoms with Gasteiger partial charge in [-0.25, -0.2) is 4.39 Å². The number of halogens is 1. The van der Waals surface area contributed by atoms with Gasteiger partial charge in [0.1, 0.15) is 5.82 Å². The molecule has 1 aliphatic rings. The predicted molar refractivity (Wildman–Crippen MR) is 79.0 cm³/mol. The van der Waals surface area contributed by atoms with Gasteiger partial charge in [-0.2, -0.15) is 0 Å². The molecule has 106 valence electrons. The van der Waals surface area contributed by atoms with Crippen LogP contribution in [0, 0.1) is 11.7 Å². The van der Waals surface area contributed by atoms with Gasteiger partial charge in [-0.05, 0) is 37.3 Å². The molecule has 0 bridgehead atoms. The maximum absolute atomic E-state index is 14.2. The van der Waals surface area contributed by atoms with Crippen LogP contribution in [0.1, 0.15) is 39.2 Å². The van der Waals surface area contributed by atoms with Gasteiger partial charge in [0, 0.05) is 25.7 Å². The van der Waals surface area contributed by atoms with Gasteiger partial charge in [-0.1, -0.05) is 26.0 Å². The molecule has 1 fully saturated rings. The molecule has 0 radical (unpaired) electrons. The van der Waals surface area contributed by atoms with Crippen molar-refractivity contribution < 1.29 is 4.39 Å². The third kappa shape index (κ3) is 3.93. The molecule has 0 amide bonds. The molecule has 2 rings (SSSR count). The fourth-order valence-electron chi connectivity index (χ4n) is 2.36. The van der Waals surface area contributed by atoms with Crippen LogP contribution < -0.4 is 10.2 Å². The average molecular weight is 264 g/mol. The van der Waals surface area contributed by atoms with Gasteiger partial charge >= 0.3 is 0 Å². The van der Waals surface area contributed by atoms with E-state index in [0.29, 0.717) is 6.04 Å². The Morgan fingerprint density at radius 1 is 1.37 bits per heavy atom. The first kappa shape index (κ1) is 14.3. The summed E-state index contributed by atoms with van der Waals surface area (Å²) in [6, 6.07) is 5.82. The van der Waals surface area contributed by atoms with E-state index in [4.69, 9.17) is 0 Å². The molecule has 1 N–H and O–H groups in total. The van der Waals surface area contributed by atoms with E-state index >= 15 is 0 Å². The van der Waals surface area contributed by atoms with Gasteiger partial charge in [0.2, 0.25) is 0 Å². The molecule has 2 nitrogen and oxygen atoms in total. The highest BCUT2D eigenvalue weighted by Gasteiger charge is 2.26. The quantitative estimate of drug-likeness (QED) is 0.810. The summed E-state index contributed by atoms with van der Waals surface area (Å²) in [7, 11) is 0. The van der Waals surface area contributed by atoms with Crippen LogP contribution in [0.2, 0.25) is 0 Å². The monoisotopic (exact) mass is 264 g/mol. The molecule has 19 heavy (non-hydrogen) atoms. The molecule has 0 saturated heterocycles. The van der Waals surface area contributed by atoms with Crippen molar-refractivity contribution >= 4 is 5.69 Å². The fraction of sp³-hybridized carbons (Fsp3) is 0.625. The van der Waals surface area contributed by atoms with E-state index in [9.17, 15) is 4.39 Å². The Bertz CT molecular complexity index is 413. The molecular formula is C16H25FN2. The van der Waals surface area contributed by atoms with Gasteiger partial charge in [0.15, 0.2) is 0 Å². The van der Waals surface area contributed by atoms with Crippen LogP contribution in [0.3, 0.4) is 0 Å². The van der Waals surface area contributed by atoms with Crippen molar-refractivity contribution in [2.24, 2.45) is 5.92 Å². The summed E-state index contributed by atoms with van der Waals surface area (Å²) in [5.74, 6) is 0.677. The first-order chi connectivity index (χ1) is 9.11. The Morgan fingerprint density at radius 3 is 2.68 bits per heavy atom. The molecule has 0 atom stereocenters. The Kier molecular flexibility index (Phi) is 4.81. The number of para-hydroxylation sites is 1. The molecule has 1 aliphatic carbocycles. The lowest BCUT2D eigenvalue weighted by atomic mass is 10.1. The molecule has 0 aromatic heterocycles. The second-order valence-electron chi connectivity index (χ2n) is 5.77. The Balaban J connectivity index is 2.19. The Hall–Kier alpha value is -1.09. The van der Waals surface area contributed by atoms with E-state index < -0.39 is 0 Å². The number of anilines is 1. The maximum atomic E-state index is 14.2. The molecule has 0 heterocycles. The summed E-state index contributed by atoms with van der Waals surface area (Å²) in [4.78, 5) is 2.20. The summed E-state index contributed by atoms with van der Waals surface area (Å²) >= 11 is 0. The zero-order valence-corrected chi connectivity index (χ0v) is 12.2. The van der Waals surface area contributed by atoms with Crippen molar-refractivity contribution in [2.75, 3.05) is 18.0 Å². The van der Waals surface area contributed by atoms with Gasteiger partial charge in [0.05, 0.1) is 5.69 Å². The lowest BCUT2D eigenvalue weighted by molar-refractivity contribution is 0.576. The maximum Gasteiger partial charge on any atom is 0.146 e. The summed E-state index contributed by atoms with van der Waals surface area (Å²) in [5, 5.41) is 3.38. The van der Waals surface area contributed by atoms with E-state index in [1.807, 2.05) is 6.07 Å². The first-order valence-electron chi connectivity index (χ1n) is 7.37. The minimum atomic E-state index is -0.0921. The summed E-state index contributed by atoms with van der Waals surface area (Å²) in [6.45, 7) is 8.92. The van der Waals surface area contributed by atoms with Crippen LogP contribution in [-0.4, -0.2) is 19.1 Å². The van der Waals surface area contributed by atoms with Crippen LogP contribution in [0.5, 0.6) is 0 Å². The van der Waals surface area contributed by atoms with E-state index in [0.717, 1.165) is 36.8 Å². The van der Waals surface area contributed by atoms with E-state index in [1.54, 1.807) is 12.1 Å². The highest BCUT2D eigenvalue weighted by atomic mass is 19.1. The Labute approximate surface area is 116 Å². The summed E-state index contributed by atoms with van der Waals surface area (Å²) in [5.41, 5.74) is 1.86. The number of benzene rings is 1. The molecule has 0 unspecified atom stereocenters. The summed E-state index contributed by atoms with van der Waals surface area (Å²) < 4.78 is 14.2. The normalized spacial score (nSPS) is 15.0. The van der Waals surface area contributed by atoms with Crippen molar-refractivity contribution in [1.82, 2.24) is 5.32 Å². The predicted octanol–water partition coefficient (Wildman–Crippen LogP) is 3.56. The lowest BCUT2D eigenvalue weighted by Crippen LogP contribution is -2.29. The second-order valence-corrected chi connectivity index (χ2v) is 5.77. The standard InChI is InChI=1S/C16H25FN2/c1-4-19(11-13-8-9-13)16-14(10-18-12(2)3)6-5-7-15(16)17/h5-7,12-13,18H,4,8-11H2,1-3H3. The van der Waals surface area contributed by atoms with Crippen LogP contribution in [0.4, 0.5) is 10.1 Å².